The van der Waals surface area contributed by atoms with Crippen molar-refractivity contribution in [3.8, 4) is 17.0 Å². The summed E-state index contributed by atoms with van der Waals surface area (Å²) in [5, 5.41) is 7.97. The van der Waals surface area contributed by atoms with Gasteiger partial charge in [-0.2, -0.15) is 5.10 Å². The summed E-state index contributed by atoms with van der Waals surface area (Å²) in [6.07, 6.45) is 8.84. The van der Waals surface area contributed by atoms with E-state index in [2.05, 4.69) is 10.3 Å². The molecule has 1 N–H and O–H groups in total. The number of carbonyl (C=O) groups is 2. The largest absolute Gasteiger partial charge is 0.497 e. The van der Waals surface area contributed by atoms with Crippen LogP contribution in [0.3, 0.4) is 0 Å². The molecule has 182 valence electrons. The van der Waals surface area contributed by atoms with E-state index >= 15 is 0 Å². The zero-order valence-corrected chi connectivity index (χ0v) is 20.2. The summed E-state index contributed by atoms with van der Waals surface area (Å²) in [5.74, 6) is 0.408. The fraction of sp³-hybridized carbons (Fsp3) is 0.407. The van der Waals surface area contributed by atoms with Crippen molar-refractivity contribution < 1.29 is 14.3 Å². The molecular formula is C27H31N5O3. The molecule has 0 bridgehead atoms. The summed E-state index contributed by atoms with van der Waals surface area (Å²) < 4.78 is 6.94. The van der Waals surface area contributed by atoms with Crippen LogP contribution in [0.4, 0.5) is 0 Å². The second-order valence-electron chi connectivity index (χ2n) is 9.64. The average Bonchev–Trinajstić information content (AvgIpc) is 3.31. The predicted octanol–water partition coefficient (Wildman–Crippen LogP) is 3.82. The van der Waals surface area contributed by atoms with E-state index < -0.39 is 5.54 Å². The lowest BCUT2D eigenvalue weighted by Gasteiger charge is -2.44. The normalized spacial score (nSPS) is 20.4. The third-order valence-corrected chi connectivity index (χ3v) is 7.18. The van der Waals surface area contributed by atoms with Crippen LogP contribution in [0, 0.1) is 0 Å². The maximum atomic E-state index is 13.8. The Morgan fingerprint density at radius 2 is 1.94 bits per heavy atom. The Bertz CT molecular complexity index is 1200. The van der Waals surface area contributed by atoms with Gasteiger partial charge in [0.25, 0.3) is 5.91 Å². The molecule has 0 radical (unpaired) electrons. The summed E-state index contributed by atoms with van der Waals surface area (Å²) in [6.45, 7) is 2.42. The first-order chi connectivity index (χ1) is 17.0. The van der Waals surface area contributed by atoms with E-state index in [0.29, 0.717) is 17.9 Å². The standard InChI is InChI=1S/C27H31N5O3/c1-27(26(34)29-21-8-4-3-5-9-21)18-32-24(25(33)31(27)17-19-7-6-14-28-16-19)15-23(30-32)20-10-12-22(35-2)13-11-20/h6-7,10-16,21H,3-5,8-9,17-18H2,1-2H3,(H,29,34)/t27-/m0/s1. The van der Waals surface area contributed by atoms with Gasteiger partial charge in [-0.3, -0.25) is 19.3 Å². The second-order valence-corrected chi connectivity index (χ2v) is 9.64. The smallest absolute Gasteiger partial charge is 0.273 e. The Balaban J connectivity index is 1.49. The minimum atomic E-state index is -1.08. The molecule has 1 saturated carbocycles. The van der Waals surface area contributed by atoms with Crippen molar-refractivity contribution in [2.24, 2.45) is 0 Å². The van der Waals surface area contributed by atoms with Crippen molar-refractivity contribution in [2.45, 2.75) is 63.7 Å². The van der Waals surface area contributed by atoms with Gasteiger partial charge >= 0.3 is 0 Å². The summed E-state index contributed by atoms with van der Waals surface area (Å²) in [6, 6.07) is 13.3. The van der Waals surface area contributed by atoms with Crippen LogP contribution in [0.15, 0.2) is 54.9 Å². The number of rotatable bonds is 6. The number of methoxy groups -OCH3 is 1. The number of pyridine rings is 1. The van der Waals surface area contributed by atoms with Crippen LogP contribution < -0.4 is 10.1 Å². The van der Waals surface area contributed by atoms with Crippen LogP contribution >= 0.6 is 0 Å². The van der Waals surface area contributed by atoms with E-state index in [1.54, 1.807) is 35.2 Å². The lowest BCUT2D eigenvalue weighted by Crippen LogP contribution is -2.64. The molecule has 0 spiro atoms. The van der Waals surface area contributed by atoms with Gasteiger partial charge in [-0.1, -0.05) is 25.3 Å². The minimum absolute atomic E-state index is 0.131. The number of benzene rings is 1. The quantitative estimate of drug-likeness (QED) is 0.588. The summed E-state index contributed by atoms with van der Waals surface area (Å²) in [4.78, 5) is 33.4. The molecule has 1 aromatic carbocycles. The monoisotopic (exact) mass is 473 g/mol. The first-order valence-corrected chi connectivity index (χ1v) is 12.2. The Morgan fingerprint density at radius 3 is 2.63 bits per heavy atom. The molecule has 3 aromatic rings. The van der Waals surface area contributed by atoms with Crippen molar-refractivity contribution >= 4 is 11.8 Å². The molecule has 8 heteroatoms. The highest BCUT2D eigenvalue weighted by atomic mass is 16.5. The molecule has 2 aromatic heterocycles. The Hall–Kier alpha value is -3.68. The number of hydrogen-bond donors (Lipinski definition) is 1. The van der Waals surface area contributed by atoms with Crippen LogP contribution in [0.1, 0.15) is 55.1 Å². The van der Waals surface area contributed by atoms with Gasteiger partial charge in [0.2, 0.25) is 5.91 Å². The number of aromatic nitrogens is 3. The molecule has 1 aliphatic carbocycles. The maximum absolute atomic E-state index is 13.8. The molecule has 2 aliphatic rings. The number of carbonyl (C=O) groups excluding carboxylic acids is 2. The van der Waals surface area contributed by atoms with E-state index in [9.17, 15) is 9.59 Å². The number of amides is 2. The SMILES string of the molecule is COc1ccc(-c2cc3n(n2)C[C@@](C)(C(=O)NC2CCCCC2)N(Cc2cccnc2)C3=O)cc1. The number of ether oxygens (including phenoxy) is 1. The molecule has 1 atom stereocenters. The first kappa shape index (κ1) is 23.1. The van der Waals surface area contributed by atoms with Gasteiger partial charge < -0.3 is 15.0 Å². The molecule has 8 nitrogen and oxygen atoms in total. The van der Waals surface area contributed by atoms with Crippen molar-refractivity contribution in [3.05, 3.63) is 66.1 Å². The van der Waals surface area contributed by atoms with Crippen LogP contribution in [-0.2, 0) is 17.9 Å². The summed E-state index contributed by atoms with van der Waals surface area (Å²) >= 11 is 0. The number of hydrogen-bond acceptors (Lipinski definition) is 5. The zero-order chi connectivity index (χ0) is 24.4. The second kappa shape index (κ2) is 9.52. The summed E-state index contributed by atoms with van der Waals surface area (Å²) in [7, 11) is 1.62. The molecule has 3 heterocycles. The van der Waals surface area contributed by atoms with Gasteiger partial charge in [0.05, 0.1) is 19.3 Å². The predicted molar refractivity (Wildman–Crippen MR) is 132 cm³/mol. The first-order valence-electron chi connectivity index (χ1n) is 12.2. The topological polar surface area (TPSA) is 89.3 Å². The lowest BCUT2D eigenvalue weighted by molar-refractivity contribution is -0.134. The Labute approximate surface area is 205 Å². The summed E-state index contributed by atoms with van der Waals surface area (Å²) in [5.41, 5.74) is 1.84. The molecule has 35 heavy (non-hydrogen) atoms. The molecule has 2 amide bonds. The zero-order valence-electron chi connectivity index (χ0n) is 20.2. The van der Waals surface area contributed by atoms with E-state index in [1.807, 2.05) is 43.3 Å². The molecule has 5 rings (SSSR count). The number of nitrogens with one attached hydrogen (secondary N) is 1. The number of fused-ring (bicyclic) bond motifs is 1. The fourth-order valence-electron chi connectivity index (χ4n) is 5.05. The molecule has 1 aliphatic heterocycles. The molecule has 1 fully saturated rings. The highest BCUT2D eigenvalue weighted by Gasteiger charge is 2.48. The van der Waals surface area contributed by atoms with Gasteiger partial charge in [0, 0.05) is 30.5 Å². The molecular weight excluding hydrogens is 442 g/mol. The van der Waals surface area contributed by atoms with Gasteiger partial charge in [0.15, 0.2) is 0 Å². The maximum Gasteiger partial charge on any atom is 0.273 e. The van der Waals surface area contributed by atoms with E-state index in [-0.39, 0.29) is 24.4 Å². The van der Waals surface area contributed by atoms with Gasteiger partial charge in [0.1, 0.15) is 17.0 Å². The fourth-order valence-corrected chi connectivity index (χ4v) is 5.05. The number of nitrogens with zero attached hydrogens (tertiary/aromatic N) is 4. The Morgan fingerprint density at radius 1 is 1.17 bits per heavy atom. The van der Waals surface area contributed by atoms with E-state index in [1.165, 1.54) is 6.42 Å². The van der Waals surface area contributed by atoms with E-state index in [4.69, 9.17) is 9.84 Å². The molecule has 0 saturated heterocycles. The van der Waals surface area contributed by atoms with Crippen LogP contribution in [0.25, 0.3) is 11.3 Å². The molecule has 0 unspecified atom stereocenters. The van der Waals surface area contributed by atoms with Gasteiger partial charge in [-0.25, -0.2) is 0 Å². The lowest BCUT2D eigenvalue weighted by atomic mass is 9.91. The van der Waals surface area contributed by atoms with Crippen molar-refractivity contribution in [1.29, 1.82) is 0 Å². The van der Waals surface area contributed by atoms with Gasteiger partial charge in [-0.05, 0) is 61.7 Å². The van der Waals surface area contributed by atoms with Crippen molar-refractivity contribution in [3.63, 3.8) is 0 Å². The minimum Gasteiger partial charge on any atom is -0.497 e. The van der Waals surface area contributed by atoms with Crippen molar-refractivity contribution in [2.75, 3.05) is 7.11 Å². The van der Waals surface area contributed by atoms with E-state index in [0.717, 1.165) is 42.6 Å². The van der Waals surface area contributed by atoms with Crippen LogP contribution in [0.2, 0.25) is 0 Å². The Kier molecular flexibility index (Phi) is 6.28. The van der Waals surface area contributed by atoms with Crippen molar-refractivity contribution in [1.82, 2.24) is 25.0 Å². The van der Waals surface area contributed by atoms with Crippen LogP contribution in [-0.4, -0.2) is 50.2 Å². The highest BCUT2D eigenvalue weighted by Crippen LogP contribution is 2.32. The highest BCUT2D eigenvalue weighted by molar-refractivity contribution is 6.00. The third-order valence-electron chi connectivity index (χ3n) is 7.18. The van der Waals surface area contributed by atoms with Crippen LogP contribution in [0.5, 0.6) is 5.75 Å². The third kappa shape index (κ3) is 4.52. The average molecular weight is 474 g/mol. The van der Waals surface area contributed by atoms with Gasteiger partial charge in [-0.15, -0.1) is 0 Å².